The lowest BCUT2D eigenvalue weighted by molar-refractivity contribution is 0.153. The molecule has 0 saturated carbocycles. The second-order valence-electron chi connectivity index (χ2n) is 5.33. The van der Waals surface area contributed by atoms with Crippen LogP contribution in [0.3, 0.4) is 0 Å². The lowest BCUT2D eigenvalue weighted by Gasteiger charge is -2.24. The van der Waals surface area contributed by atoms with E-state index in [1.54, 1.807) is 0 Å². The van der Waals surface area contributed by atoms with E-state index in [2.05, 4.69) is 37.8 Å². The molecule has 2 nitrogen and oxygen atoms in total. The van der Waals surface area contributed by atoms with E-state index in [4.69, 9.17) is 0 Å². The Labute approximate surface area is 104 Å². The average molecular weight is 233 g/mol. The van der Waals surface area contributed by atoms with Gasteiger partial charge in [-0.2, -0.15) is 0 Å². The third-order valence-electron chi connectivity index (χ3n) is 3.91. The number of benzene rings is 1. The molecule has 0 radical (unpaired) electrons. The predicted octanol–water partition coefficient (Wildman–Crippen LogP) is 2.57. The molecule has 0 spiro atoms. The van der Waals surface area contributed by atoms with Gasteiger partial charge in [-0.3, -0.25) is 4.90 Å². The number of hydrogen-bond donors (Lipinski definition) is 1. The maximum atomic E-state index is 9.36. The highest BCUT2D eigenvalue weighted by Gasteiger charge is 2.24. The van der Waals surface area contributed by atoms with E-state index >= 15 is 0 Å². The van der Waals surface area contributed by atoms with Gasteiger partial charge in [-0.05, 0) is 56.8 Å². The van der Waals surface area contributed by atoms with Crippen molar-refractivity contribution in [2.75, 3.05) is 13.2 Å². The molecule has 0 amide bonds. The van der Waals surface area contributed by atoms with E-state index in [0.717, 1.165) is 19.5 Å². The summed E-state index contributed by atoms with van der Waals surface area (Å²) in [7, 11) is 0. The molecule has 1 fully saturated rings. The summed E-state index contributed by atoms with van der Waals surface area (Å²) < 4.78 is 0. The monoisotopic (exact) mass is 233 g/mol. The van der Waals surface area contributed by atoms with Crippen LogP contribution >= 0.6 is 0 Å². The molecule has 1 saturated heterocycles. The van der Waals surface area contributed by atoms with E-state index in [0.29, 0.717) is 12.6 Å². The fourth-order valence-corrected chi connectivity index (χ4v) is 2.97. The van der Waals surface area contributed by atoms with Crippen LogP contribution in [0.1, 0.15) is 35.1 Å². The van der Waals surface area contributed by atoms with Gasteiger partial charge in [-0.1, -0.05) is 17.7 Å². The average Bonchev–Trinajstić information content (AvgIpc) is 2.70. The minimum atomic E-state index is 0.296. The summed E-state index contributed by atoms with van der Waals surface area (Å²) in [5, 5.41) is 9.36. The zero-order valence-corrected chi connectivity index (χ0v) is 11.2. The molecule has 1 atom stereocenters. The molecule has 0 bridgehead atoms. The maximum Gasteiger partial charge on any atom is 0.0587 e. The molecule has 17 heavy (non-hydrogen) atoms. The molecule has 0 aromatic heterocycles. The van der Waals surface area contributed by atoms with Crippen LogP contribution < -0.4 is 0 Å². The fourth-order valence-electron chi connectivity index (χ4n) is 2.97. The van der Waals surface area contributed by atoms with E-state index in [1.165, 1.54) is 28.7 Å². The summed E-state index contributed by atoms with van der Waals surface area (Å²) in [6.45, 7) is 8.94. The van der Waals surface area contributed by atoms with Crippen LogP contribution in [0.5, 0.6) is 0 Å². The number of rotatable bonds is 3. The third kappa shape index (κ3) is 2.70. The van der Waals surface area contributed by atoms with Crippen molar-refractivity contribution in [2.24, 2.45) is 0 Å². The number of likely N-dealkylation sites (tertiary alicyclic amines) is 1. The summed E-state index contributed by atoms with van der Waals surface area (Å²) in [5.74, 6) is 0. The van der Waals surface area contributed by atoms with Gasteiger partial charge in [0, 0.05) is 12.6 Å². The van der Waals surface area contributed by atoms with Gasteiger partial charge in [0.15, 0.2) is 0 Å². The largest absolute Gasteiger partial charge is 0.395 e. The van der Waals surface area contributed by atoms with Crippen molar-refractivity contribution in [1.82, 2.24) is 4.90 Å². The van der Waals surface area contributed by atoms with Crippen molar-refractivity contribution < 1.29 is 5.11 Å². The van der Waals surface area contributed by atoms with Crippen molar-refractivity contribution in [3.8, 4) is 0 Å². The topological polar surface area (TPSA) is 23.5 Å². The van der Waals surface area contributed by atoms with Gasteiger partial charge < -0.3 is 5.11 Å². The first-order chi connectivity index (χ1) is 8.11. The van der Waals surface area contributed by atoms with Crippen molar-refractivity contribution in [2.45, 2.75) is 46.2 Å². The number of aliphatic hydroxyl groups is 1. The summed E-state index contributed by atoms with van der Waals surface area (Å²) in [4.78, 5) is 2.42. The van der Waals surface area contributed by atoms with E-state index < -0.39 is 0 Å². The lowest BCUT2D eigenvalue weighted by atomic mass is 9.99. The fraction of sp³-hybridized carbons (Fsp3) is 0.600. The van der Waals surface area contributed by atoms with E-state index in [-0.39, 0.29) is 0 Å². The summed E-state index contributed by atoms with van der Waals surface area (Å²) >= 11 is 0. The number of aliphatic hydroxyl groups excluding tert-OH is 1. The second kappa shape index (κ2) is 5.19. The molecule has 1 aromatic rings. The first-order valence-electron chi connectivity index (χ1n) is 6.53. The van der Waals surface area contributed by atoms with Crippen LogP contribution in [0.4, 0.5) is 0 Å². The molecular weight excluding hydrogens is 210 g/mol. The quantitative estimate of drug-likeness (QED) is 0.867. The zero-order chi connectivity index (χ0) is 12.4. The van der Waals surface area contributed by atoms with Crippen molar-refractivity contribution in [1.29, 1.82) is 0 Å². The molecule has 94 valence electrons. The molecule has 1 aliphatic heterocycles. The van der Waals surface area contributed by atoms with E-state index in [9.17, 15) is 5.11 Å². The minimum absolute atomic E-state index is 0.296. The van der Waals surface area contributed by atoms with Gasteiger partial charge in [0.25, 0.3) is 0 Å². The Hall–Kier alpha value is -0.860. The number of nitrogens with zero attached hydrogens (tertiary/aromatic N) is 1. The van der Waals surface area contributed by atoms with Crippen molar-refractivity contribution in [3.63, 3.8) is 0 Å². The standard InChI is InChI=1S/C15H23NO/c1-11-7-12(2)15(13(3)8-11)9-16-6-4-5-14(16)10-17/h7-8,14,17H,4-6,9-10H2,1-3H3. The molecule has 1 N–H and O–H groups in total. The van der Waals surface area contributed by atoms with E-state index in [1.807, 2.05) is 0 Å². The number of aryl methyl sites for hydroxylation is 3. The molecular formula is C15H23NO. The summed E-state index contributed by atoms with van der Waals surface area (Å²) in [6, 6.07) is 4.88. The second-order valence-corrected chi connectivity index (χ2v) is 5.33. The van der Waals surface area contributed by atoms with Gasteiger partial charge in [0.1, 0.15) is 0 Å². The molecule has 2 heteroatoms. The Morgan fingerprint density at radius 2 is 1.88 bits per heavy atom. The van der Waals surface area contributed by atoms with Crippen LogP contribution in [0.25, 0.3) is 0 Å². The zero-order valence-electron chi connectivity index (χ0n) is 11.2. The Morgan fingerprint density at radius 1 is 1.24 bits per heavy atom. The highest BCUT2D eigenvalue weighted by molar-refractivity contribution is 5.37. The van der Waals surface area contributed by atoms with Gasteiger partial charge >= 0.3 is 0 Å². The summed E-state index contributed by atoms with van der Waals surface area (Å²) in [5.41, 5.74) is 5.54. The van der Waals surface area contributed by atoms with Crippen molar-refractivity contribution in [3.05, 3.63) is 34.4 Å². The smallest absolute Gasteiger partial charge is 0.0587 e. The number of hydrogen-bond acceptors (Lipinski definition) is 2. The normalized spacial score (nSPS) is 21.1. The SMILES string of the molecule is Cc1cc(C)c(CN2CCCC2CO)c(C)c1. The molecule has 1 aliphatic rings. The van der Waals surface area contributed by atoms with Gasteiger partial charge in [-0.15, -0.1) is 0 Å². The molecule has 1 unspecified atom stereocenters. The van der Waals surface area contributed by atoms with Crippen LogP contribution in [0, 0.1) is 20.8 Å². The van der Waals surface area contributed by atoms with Crippen LogP contribution in [0.15, 0.2) is 12.1 Å². The van der Waals surface area contributed by atoms with Gasteiger partial charge in [0.2, 0.25) is 0 Å². The first kappa shape index (κ1) is 12.6. The first-order valence-corrected chi connectivity index (χ1v) is 6.53. The Morgan fingerprint density at radius 3 is 2.47 bits per heavy atom. The highest BCUT2D eigenvalue weighted by atomic mass is 16.3. The van der Waals surface area contributed by atoms with Crippen LogP contribution in [-0.4, -0.2) is 29.2 Å². The predicted molar refractivity (Wildman–Crippen MR) is 71.2 cm³/mol. The highest BCUT2D eigenvalue weighted by Crippen LogP contribution is 2.23. The van der Waals surface area contributed by atoms with Crippen molar-refractivity contribution >= 4 is 0 Å². The summed E-state index contributed by atoms with van der Waals surface area (Å²) in [6.07, 6.45) is 2.36. The Bertz CT molecular complexity index is 377. The van der Waals surface area contributed by atoms with Crippen LogP contribution in [-0.2, 0) is 6.54 Å². The Kier molecular flexibility index (Phi) is 3.85. The van der Waals surface area contributed by atoms with Crippen LogP contribution in [0.2, 0.25) is 0 Å². The minimum Gasteiger partial charge on any atom is -0.395 e. The molecule has 0 aliphatic carbocycles. The molecule has 1 aromatic carbocycles. The molecule has 1 heterocycles. The maximum absolute atomic E-state index is 9.36. The Balaban J connectivity index is 2.18. The van der Waals surface area contributed by atoms with Gasteiger partial charge in [-0.25, -0.2) is 0 Å². The lowest BCUT2D eigenvalue weighted by Crippen LogP contribution is -2.32. The molecule has 2 rings (SSSR count). The third-order valence-corrected chi connectivity index (χ3v) is 3.91. The van der Waals surface area contributed by atoms with Gasteiger partial charge in [0.05, 0.1) is 6.61 Å².